The molecule has 0 aromatic carbocycles. The number of hydrogen-bond acceptors (Lipinski definition) is 3. The van der Waals surface area contributed by atoms with Gasteiger partial charge in [0.2, 0.25) is 0 Å². The van der Waals surface area contributed by atoms with Crippen molar-refractivity contribution >= 4 is 5.97 Å². The van der Waals surface area contributed by atoms with Gasteiger partial charge in [0.05, 0.1) is 12.2 Å². The average Bonchev–Trinajstić information content (AvgIpc) is 2.84. The molecule has 0 amide bonds. The maximum atomic E-state index is 11.8. The summed E-state index contributed by atoms with van der Waals surface area (Å²) in [4.78, 5) is 11.8. The number of allylic oxidation sites excluding steroid dienone is 2. The molecule has 32 heavy (non-hydrogen) atoms. The quantitative estimate of drug-likeness (QED) is 0.165. The van der Waals surface area contributed by atoms with Gasteiger partial charge in [0, 0.05) is 0 Å². The molecule has 3 heteroatoms. The van der Waals surface area contributed by atoms with Gasteiger partial charge in [0.25, 0.3) is 0 Å². The van der Waals surface area contributed by atoms with Crippen LogP contribution in [0.2, 0.25) is 0 Å². The molecule has 1 N–H and O–H groups in total. The van der Waals surface area contributed by atoms with E-state index in [4.69, 9.17) is 9.84 Å². The summed E-state index contributed by atoms with van der Waals surface area (Å²) < 4.78 is 5.51. The zero-order valence-corrected chi connectivity index (χ0v) is 20.6. The van der Waals surface area contributed by atoms with Crippen molar-refractivity contribution in [3.8, 4) is 0 Å². The first-order valence-corrected chi connectivity index (χ1v) is 13.8. The molecule has 3 aliphatic rings. The number of hydrogen-bond donors (Lipinski definition) is 1. The topological polar surface area (TPSA) is 46.5 Å². The number of aliphatic hydroxyl groups excluding tert-OH is 1. The molecule has 0 spiro atoms. The third kappa shape index (κ3) is 8.04. The standard InChI is InChI=1S/C29H48O3/c1-3-4-5-6-23-7-9-24(10-8-23)11-12-25-13-15-26(16-14-25)27-17-19-28(20-18-27)32-29(31)22(2)21-30/h11-12,23-28,30H,2-10,13-21H2,1H3/b12-11+. The third-order valence-electron chi connectivity index (χ3n) is 8.72. The van der Waals surface area contributed by atoms with Crippen molar-refractivity contribution in [3.05, 3.63) is 24.3 Å². The number of aliphatic hydroxyl groups is 1. The Morgan fingerprint density at radius 1 is 0.844 bits per heavy atom. The molecule has 0 heterocycles. The van der Waals surface area contributed by atoms with E-state index < -0.39 is 5.97 Å². The van der Waals surface area contributed by atoms with Crippen LogP contribution in [0.15, 0.2) is 24.3 Å². The molecule has 0 bridgehead atoms. The van der Waals surface area contributed by atoms with E-state index in [9.17, 15) is 4.79 Å². The second-order valence-electron chi connectivity index (χ2n) is 11.0. The van der Waals surface area contributed by atoms with E-state index in [1.165, 1.54) is 89.9 Å². The minimum Gasteiger partial charge on any atom is -0.459 e. The summed E-state index contributed by atoms with van der Waals surface area (Å²) in [6, 6.07) is 0. The first-order chi connectivity index (χ1) is 15.6. The second kappa shape index (κ2) is 13.6. The van der Waals surface area contributed by atoms with Crippen LogP contribution in [-0.2, 0) is 9.53 Å². The predicted octanol–water partition coefficient (Wildman–Crippen LogP) is 7.39. The van der Waals surface area contributed by atoms with Crippen LogP contribution in [0.1, 0.15) is 110 Å². The van der Waals surface area contributed by atoms with Crippen LogP contribution in [0.25, 0.3) is 0 Å². The van der Waals surface area contributed by atoms with Crippen molar-refractivity contribution < 1.29 is 14.6 Å². The molecule has 3 fully saturated rings. The van der Waals surface area contributed by atoms with Gasteiger partial charge in [-0.1, -0.05) is 51.3 Å². The highest BCUT2D eigenvalue weighted by Gasteiger charge is 2.32. The lowest BCUT2D eigenvalue weighted by atomic mass is 9.70. The van der Waals surface area contributed by atoms with Crippen LogP contribution in [0, 0.1) is 29.6 Å². The molecular formula is C29H48O3. The molecule has 0 radical (unpaired) electrons. The number of unbranched alkanes of at least 4 members (excludes halogenated alkanes) is 2. The highest BCUT2D eigenvalue weighted by Crippen LogP contribution is 2.41. The molecule has 0 atom stereocenters. The molecule has 0 aromatic heterocycles. The number of carbonyl (C=O) groups excluding carboxylic acids is 1. The summed E-state index contributed by atoms with van der Waals surface area (Å²) >= 11 is 0. The Labute approximate surface area is 197 Å². The fourth-order valence-corrected chi connectivity index (χ4v) is 6.45. The smallest absolute Gasteiger partial charge is 0.336 e. The molecule has 0 unspecified atom stereocenters. The summed E-state index contributed by atoms with van der Waals surface area (Å²) in [5, 5.41) is 9.02. The van der Waals surface area contributed by atoms with Gasteiger partial charge in [-0.15, -0.1) is 0 Å². The molecule has 3 nitrogen and oxygen atoms in total. The van der Waals surface area contributed by atoms with Crippen molar-refractivity contribution in [2.24, 2.45) is 29.6 Å². The van der Waals surface area contributed by atoms with E-state index in [-0.39, 0.29) is 18.3 Å². The van der Waals surface area contributed by atoms with Gasteiger partial charge in [-0.25, -0.2) is 4.79 Å². The van der Waals surface area contributed by atoms with Crippen LogP contribution >= 0.6 is 0 Å². The van der Waals surface area contributed by atoms with E-state index in [0.29, 0.717) is 0 Å². The molecule has 0 aromatic rings. The molecule has 0 saturated heterocycles. The van der Waals surface area contributed by atoms with E-state index >= 15 is 0 Å². The van der Waals surface area contributed by atoms with Crippen LogP contribution in [0.5, 0.6) is 0 Å². The number of carbonyl (C=O) groups is 1. The summed E-state index contributed by atoms with van der Waals surface area (Å²) in [6.45, 7) is 5.56. The summed E-state index contributed by atoms with van der Waals surface area (Å²) in [6.07, 6.45) is 26.4. The molecule has 3 saturated carbocycles. The number of ether oxygens (including phenoxy) is 1. The van der Waals surface area contributed by atoms with Gasteiger partial charge in [-0.3, -0.25) is 0 Å². The Morgan fingerprint density at radius 2 is 1.38 bits per heavy atom. The van der Waals surface area contributed by atoms with Crippen molar-refractivity contribution in [2.75, 3.05) is 6.61 Å². The highest BCUT2D eigenvalue weighted by molar-refractivity contribution is 5.88. The minimum atomic E-state index is -0.423. The lowest BCUT2D eigenvalue weighted by Crippen LogP contribution is -2.30. The Morgan fingerprint density at radius 3 is 1.91 bits per heavy atom. The van der Waals surface area contributed by atoms with Crippen LogP contribution in [0.4, 0.5) is 0 Å². The highest BCUT2D eigenvalue weighted by atomic mass is 16.5. The lowest BCUT2D eigenvalue weighted by molar-refractivity contribution is -0.146. The van der Waals surface area contributed by atoms with Gasteiger partial charge in [-0.05, 0) is 107 Å². The Kier molecular flexibility index (Phi) is 10.8. The average molecular weight is 445 g/mol. The third-order valence-corrected chi connectivity index (χ3v) is 8.72. The van der Waals surface area contributed by atoms with E-state index in [1.807, 2.05) is 0 Å². The molecular weight excluding hydrogens is 396 g/mol. The zero-order chi connectivity index (χ0) is 22.8. The van der Waals surface area contributed by atoms with Gasteiger partial charge in [-0.2, -0.15) is 0 Å². The largest absolute Gasteiger partial charge is 0.459 e. The van der Waals surface area contributed by atoms with Crippen LogP contribution in [0.3, 0.4) is 0 Å². The Hall–Kier alpha value is -1.09. The molecule has 182 valence electrons. The monoisotopic (exact) mass is 444 g/mol. The maximum absolute atomic E-state index is 11.8. The van der Waals surface area contributed by atoms with Gasteiger partial charge >= 0.3 is 5.97 Å². The second-order valence-corrected chi connectivity index (χ2v) is 11.0. The van der Waals surface area contributed by atoms with Crippen molar-refractivity contribution in [3.63, 3.8) is 0 Å². The Balaban J connectivity index is 1.30. The number of esters is 1. The molecule has 3 rings (SSSR count). The summed E-state index contributed by atoms with van der Waals surface area (Å²) in [7, 11) is 0. The zero-order valence-electron chi connectivity index (χ0n) is 20.6. The summed E-state index contributed by atoms with van der Waals surface area (Å²) in [5.41, 5.74) is 0.165. The number of rotatable bonds is 10. The van der Waals surface area contributed by atoms with Gasteiger partial charge < -0.3 is 9.84 Å². The van der Waals surface area contributed by atoms with Crippen LogP contribution < -0.4 is 0 Å². The fourth-order valence-electron chi connectivity index (χ4n) is 6.45. The first kappa shape index (κ1) is 25.5. The van der Waals surface area contributed by atoms with Crippen molar-refractivity contribution in [2.45, 2.75) is 116 Å². The minimum absolute atomic E-state index is 0.0167. The maximum Gasteiger partial charge on any atom is 0.336 e. The normalized spacial score (nSPS) is 33.8. The lowest BCUT2D eigenvalue weighted by Gasteiger charge is -2.37. The predicted molar refractivity (Wildman–Crippen MR) is 132 cm³/mol. The van der Waals surface area contributed by atoms with E-state index in [0.717, 1.165) is 42.4 Å². The van der Waals surface area contributed by atoms with Gasteiger partial charge in [0.1, 0.15) is 6.10 Å². The molecule has 3 aliphatic carbocycles. The SMILES string of the molecule is C=C(CO)C(=O)OC1CCC(C2CCC(/C=C/C3CCC(CCCCC)CC3)CC2)CC1. The van der Waals surface area contributed by atoms with E-state index in [2.05, 4.69) is 25.7 Å². The Bertz CT molecular complexity index is 586. The fraction of sp³-hybridized carbons (Fsp3) is 0.828. The first-order valence-electron chi connectivity index (χ1n) is 13.8. The molecule has 0 aliphatic heterocycles. The van der Waals surface area contributed by atoms with Crippen molar-refractivity contribution in [1.29, 1.82) is 0 Å². The summed E-state index contributed by atoms with van der Waals surface area (Å²) in [5.74, 6) is 3.90. The van der Waals surface area contributed by atoms with Crippen molar-refractivity contribution in [1.82, 2.24) is 0 Å². The van der Waals surface area contributed by atoms with E-state index in [1.54, 1.807) is 0 Å². The van der Waals surface area contributed by atoms with Gasteiger partial charge in [0.15, 0.2) is 0 Å². The van der Waals surface area contributed by atoms with Crippen LogP contribution in [-0.4, -0.2) is 23.8 Å².